The van der Waals surface area contributed by atoms with Crippen LogP contribution >= 0.6 is 0 Å². The van der Waals surface area contributed by atoms with Crippen molar-refractivity contribution in [3.8, 4) is 0 Å². The van der Waals surface area contributed by atoms with Crippen LogP contribution in [-0.4, -0.2) is 11.6 Å². The maximum absolute atomic E-state index is 3.61. The standard InChI is InChI=1S/C8H15N/c1-6-4-7(2)5-8(7,3)9-6/h6,9H,4-5H2,1-3H3. The summed E-state index contributed by atoms with van der Waals surface area (Å²) in [6.45, 7) is 7.02. The Balaban J connectivity index is 2.20. The van der Waals surface area contributed by atoms with Crippen LogP contribution in [0.25, 0.3) is 0 Å². The molecule has 1 aliphatic heterocycles. The quantitative estimate of drug-likeness (QED) is 0.518. The molecule has 0 spiro atoms. The highest BCUT2D eigenvalue weighted by molar-refractivity contribution is 5.22. The molecule has 1 heteroatoms. The van der Waals surface area contributed by atoms with Crippen molar-refractivity contribution in [1.82, 2.24) is 5.32 Å². The van der Waals surface area contributed by atoms with Gasteiger partial charge >= 0.3 is 0 Å². The van der Waals surface area contributed by atoms with Crippen LogP contribution in [0, 0.1) is 5.41 Å². The first-order valence-electron chi connectivity index (χ1n) is 3.83. The van der Waals surface area contributed by atoms with Gasteiger partial charge in [-0.3, -0.25) is 0 Å². The Morgan fingerprint density at radius 3 is 2.33 bits per heavy atom. The highest BCUT2D eigenvalue weighted by Crippen LogP contribution is 2.62. The molecule has 2 fully saturated rings. The molecule has 0 amide bonds. The summed E-state index contributed by atoms with van der Waals surface area (Å²) >= 11 is 0. The van der Waals surface area contributed by atoms with E-state index in [4.69, 9.17) is 0 Å². The first-order valence-corrected chi connectivity index (χ1v) is 3.83. The molecule has 0 aromatic carbocycles. The predicted molar refractivity (Wildman–Crippen MR) is 38.3 cm³/mol. The van der Waals surface area contributed by atoms with Crippen molar-refractivity contribution in [2.24, 2.45) is 5.41 Å². The second kappa shape index (κ2) is 1.20. The number of hydrogen-bond acceptors (Lipinski definition) is 1. The molecule has 9 heavy (non-hydrogen) atoms. The van der Waals surface area contributed by atoms with E-state index < -0.39 is 0 Å². The maximum Gasteiger partial charge on any atom is 0.0216 e. The average Bonchev–Trinajstić information content (AvgIpc) is 1.97. The number of hydrogen-bond donors (Lipinski definition) is 1. The summed E-state index contributed by atoms with van der Waals surface area (Å²) in [5.41, 5.74) is 1.18. The van der Waals surface area contributed by atoms with Crippen LogP contribution in [0.4, 0.5) is 0 Å². The van der Waals surface area contributed by atoms with Gasteiger partial charge in [0.05, 0.1) is 0 Å². The molecule has 0 aromatic rings. The van der Waals surface area contributed by atoms with Crippen LogP contribution in [0.3, 0.4) is 0 Å². The number of rotatable bonds is 0. The van der Waals surface area contributed by atoms with Crippen molar-refractivity contribution in [2.75, 3.05) is 0 Å². The molecule has 1 nitrogen and oxygen atoms in total. The van der Waals surface area contributed by atoms with Crippen LogP contribution in [-0.2, 0) is 0 Å². The topological polar surface area (TPSA) is 12.0 Å². The Labute approximate surface area is 56.8 Å². The zero-order valence-corrected chi connectivity index (χ0v) is 6.49. The fourth-order valence-electron chi connectivity index (χ4n) is 2.53. The largest absolute Gasteiger partial charge is 0.308 e. The Hall–Kier alpha value is -0.0400. The van der Waals surface area contributed by atoms with Gasteiger partial charge in [0.25, 0.3) is 0 Å². The van der Waals surface area contributed by atoms with E-state index in [0.717, 1.165) is 6.04 Å². The second-order valence-electron chi connectivity index (χ2n) is 4.32. The molecule has 2 aliphatic rings. The van der Waals surface area contributed by atoms with E-state index >= 15 is 0 Å². The van der Waals surface area contributed by atoms with Gasteiger partial charge in [-0.15, -0.1) is 0 Å². The van der Waals surface area contributed by atoms with Gasteiger partial charge < -0.3 is 5.32 Å². The lowest BCUT2D eigenvalue weighted by Crippen LogP contribution is -2.30. The van der Waals surface area contributed by atoms with Crippen LogP contribution in [0.1, 0.15) is 33.6 Å². The van der Waals surface area contributed by atoms with Crippen molar-refractivity contribution < 1.29 is 0 Å². The summed E-state index contributed by atoms with van der Waals surface area (Å²) in [6.07, 6.45) is 2.77. The van der Waals surface area contributed by atoms with Crippen LogP contribution in [0.5, 0.6) is 0 Å². The van der Waals surface area contributed by atoms with Gasteiger partial charge in [0.1, 0.15) is 0 Å². The fourth-order valence-corrected chi connectivity index (χ4v) is 2.53. The molecule has 3 atom stereocenters. The lowest BCUT2D eigenvalue weighted by molar-refractivity contribution is 0.514. The van der Waals surface area contributed by atoms with E-state index in [9.17, 15) is 0 Å². The van der Waals surface area contributed by atoms with Gasteiger partial charge in [-0.2, -0.15) is 0 Å². The third-order valence-corrected chi connectivity index (χ3v) is 3.27. The van der Waals surface area contributed by atoms with Gasteiger partial charge in [-0.1, -0.05) is 6.92 Å². The van der Waals surface area contributed by atoms with Crippen molar-refractivity contribution in [3.63, 3.8) is 0 Å². The summed E-state index contributed by atoms with van der Waals surface area (Å²) in [4.78, 5) is 0. The Bertz CT molecular complexity index is 139. The molecule has 1 aliphatic carbocycles. The molecule has 0 radical (unpaired) electrons. The van der Waals surface area contributed by atoms with Gasteiger partial charge in [-0.25, -0.2) is 0 Å². The molecule has 0 bridgehead atoms. The molecule has 1 saturated carbocycles. The molecular weight excluding hydrogens is 110 g/mol. The molecule has 1 heterocycles. The van der Waals surface area contributed by atoms with Crippen molar-refractivity contribution >= 4 is 0 Å². The van der Waals surface area contributed by atoms with Gasteiger partial charge in [0, 0.05) is 11.6 Å². The van der Waals surface area contributed by atoms with Crippen molar-refractivity contribution in [1.29, 1.82) is 0 Å². The van der Waals surface area contributed by atoms with Crippen LogP contribution in [0.15, 0.2) is 0 Å². The normalized spacial score (nSPS) is 63.7. The fraction of sp³-hybridized carbons (Fsp3) is 1.00. The molecule has 52 valence electrons. The summed E-state index contributed by atoms with van der Waals surface area (Å²) in [7, 11) is 0. The number of fused-ring (bicyclic) bond motifs is 1. The molecular formula is C8H15N. The summed E-state index contributed by atoms with van der Waals surface area (Å²) < 4.78 is 0. The van der Waals surface area contributed by atoms with E-state index in [-0.39, 0.29) is 0 Å². The first kappa shape index (κ1) is 5.72. The minimum atomic E-state index is 0.520. The lowest BCUT2D eigenvalue weighted by Gasteiger charge is -2.09. The molecule has 1 saturated heterocycles. The zero-order valence-electron chi connectivity index (χ0n) is 6.49. The highest BCUT2D eigenvalue weighted by Gasteiger charge is 2.65. The van der Waals surface area contributed by atoms with Gasteiger partial charge in [0.15, 0.2) is 0 Å². The summed E-state index contributed by atoms with van der Waals surface area (Å²) in [5, 5.41) is 3.61. The van der Waals surface area contributed by atoms with E-state index in [1.54, 1.807) is 0 Å². The maximum atomic E-state index is 3.61. The SMILES string of the molecule is CC1CC2(C)CC2(C)N1. The minimum absolute atomic E-state index is 0.520. The number of nitrogens with one attached hydrogen (secondary N) is 1. The summed E-state index contributed by atoms with van der Waals surface area (Å²) in [6, 6.07) is 0.758. The van der Waals surface area contributed by atoms with E-state index in [2.05, 4.69) is 26.1 Å². The molecule has 3 unspecified atom stereocenters. The van der Waals surface area contributed by atoms with E-state index in [0.29, 0.717) is 11.0 Å². The van der Waals surface area contributed by atoms with E-state index in [1.165, 1.54) is 12.8 Å². The van der Waals surface area contributed by atoms with Gasteiger partial charge in [-0.05, 0) is 32.1 Å². The Morgan fingerprint density at radius 2 is 2.11 bits per heavy atom. The lowest BCUT2D eigenvalue weighted by atomic mass is 10.0. The minimum Gasteiger partial charge on any atom is -0.308 e. The van der Waals surface area contributed by atoms with Gasteiger partial charge in [0.2, 0.25) is 0 Å². The third kappa shape index (κ3) is 0.536. The molecule has 2 rings (SSSR count). The Morgan fingerprint density at radius 1 is 1.44 bits per heavy atom. The Kier molecular flexibility index (Phi) is 0.760. The molecule has 0 aromatic heterocycles. The van der Waals surface area contributed by atoms with Crippen molar-refractivity contribution in [2.45, 2.75) is 45.2 Å². The smallest absolute Gasteiger partial charge is 0.0216 e. The average molecular weight is 125 g/mol. The number of piperidine rings is 1. The predicted octanol–water partition coefficient (Wildman–Crippen LogP) is 1.54. The monoisotopic (exact) mass is 125 g/mol. The highest BCUT2D eigenvalue weighted by atomic mass is 15.1. The van der Waals surface area contributed by atoms with E-state index in [1.807, 2.05) is 0 Å². The zero-order chi connectivity index (χ0) is 6.70. The third-order valence-electron chi connectivity index (χ3n) is 3.27. The van der Waals surface area contributed by atoms with Crippen molar-refractivity contribution in [3.05, 3.63) is 0 Å². The second-order valence-corrected chi connectivity index (χ2v) is 4.32. The molecule has 1 N–H and O–H groups in total. The first-order chi connectivity index (χ1) is 4.06. The summed E-state index contributed by atoms with van der Waals surface area (Å²) in [5.74, 6) is 0. The van der Waals surface area contributed by atoms with Crippen LogP contribution < -0.4 is 5.32 Å². The van der Waals surface area contributed by atoms with Crippen LogP contribution in [0.2, 0.25) is 0 Å².